The Hall–Kier alpha value is -3.64. The van der Waals surface area contributed by atoms with Crippen LogP contribution in [0.5, 0.6) is 0 Å². The fourth-order valence-electron chi connectivity index (χ4n) is 5.04. The summed E-state index contributed by atoms with van der Waals surface area (Å²) in [6.07, 6.45) is 2.55. The summed E-state index contributed by atoms with van der Waals surface area (Å²) < 4.78 is 2.12. The molecule has 0 bridgehead atoms. The smallest absolute Gasteiger partial charge is 0.251 e. The normalized spacial score (nSPS) is 10.7. The van der Waals surface area contributed by atoms with Crippen LogP contribution in [0.2, 0.25) is 0 Å². The summed E-state index contributed by atoms with van der Waals surface area (Å²) in [4.78, 5) is 17.9. The molecule has 40 heavy (non-hydrogen) atoms. The van der Waals surface area contributed by atoms with Crippen molar-refractivity contribution in [1.82, 2.24) is 14.9 Å². The van der Waals surface area contributed by atoms with E-state index in [2.05, 4.69) is 82.7 Å². The second kappa shape index (κ2) is 14.7. The summed E-state index contributed by atoms with van der Waals surface area (Å²) in [5.41, 5.74) is 13.1. The molecule has 7 heteroatoms. The molecule has 0 aliphatic rings. The minimum Gasteiger partial charge on any atom is -0.352 e. The maximum atomic E-state index is 13.0. The molecule has 5 rings (SSSR count). The van der Waals surface area contributed by atoms with E-state index in [4.69, 9.17) is 10.7 Å². The summed E-state index contributed by atoms with van der Waals surface area (Å²) in [6, 6.07) is 35.2. The third kappa shape index (κ3) is 7.30. The first-order chi connectivity index (χ1) is 18.6. The molecule has 1 aromatic heterocycles. The van der Waals surface area contributed by atoms with Gasteiger partial charge in [0.25, 0.3) is 5.91 Å². The SMILES string of the molecule is Cl.Cl.Cn1c(CCc2ccc(CN)cc2)nc2cc(C(=O)NCCC(c3ccccc3)c3ccccc3)ccc21. The fraction of sp³-hybridized carbons (Fsp3) is 0.212. The molecule has 5 aromatic rings. The number of nitrogens with zero attached hydrogens (tertiary/aromatic N) is 2. The highest BCUT2D eigenvalue weighted by Crippen LogP contribution is 2.27. The Morgan fingerprint density at radius 1 is 0.825 bits per heavy atom. The average molecular weight is 576 g/mol. The minimum absolute atomic E-state index is 0. The van der Waals surface area contributed by atoms with Crippen LogP contribution in [-0.4, -0.2) is 22.0 Å². The Labute approximate surface area is 248 Å². The molecule has 0 aliphatic carbocycles. The summed E-state index contributed by atoms with van der Waals surface area (Å²) in [7, 11) is 2.04. The molecule has 208 valence electrons. The number of nitrogens with two attached hydrogens (primary N) is 1. The van der Waals surface area contributed by atoms with Gasteiger partial charge in [-0.1, -0.05) is 84.9 Å². The lowest BCUT2D eigenvalue weighted by Crippen LogP contribution is -2.25. The standard InChI is InChI=1S/C33H34N4O.2ClH/c1-37-31-18-17-28(22-30(31)36-32(37)19-16-24-12-14-25(23-34)15-13-24)33(38)35-21-20-29(26-8-4-2-5-9-26)27-10-6-3-7-11-27;;/h2-15,17-18,22,29H,16,19-21,23,34H2,1H3,(H,35,38);2*1H. The summed E-state index contributed by atoms with van der Waals surface area (Å²) in [5.74, 6) is 1.16. The van der Waals surface area contributed by atoms with Gasteiger partial charge in [-0.2, -0.15) is 0 Å². The lowest BCUT2D eigenvalue weighted by atomic mass is 9.88. The second-order valence-corrected chi connectivity index (χ2v) is 9.73. The molecule has 5 nitrogen and oxygen atoms in total. The zero-order chi connectivity index (χ0) is 26.3. The van der Waals surface area contributed by atoms with E-state index in [-0.39, 0.29) is 36.6 Å². The number of nitrogens with one attached hydrogen (secondary N) is 1. The van der Waals surface area contributed by atoms with Gasteiger partial charge < -0.3 is 15.6 Å². The highest BCUT2D eigenvalue weighted by molar-refractivity contribution is 5.97. The van der Waals surface area contributed by atoms with Gasteiger partial charge in [-0.05, 0) is 53.3 Å². The van der Waals surface area contributed by atoms with Gasteiger partial charge in [0, 0.05) is 38.0 Å². The first kappa shape index (κ1) is 30.9. The number of imidazole rings is 1. The molecule has 1 amide bonds. The maximum Gasteiger partial charge on any atom is 0.251 e. The molecule has 0 aliphatic heterocycles. The summed E-state index contributed by atoms with van der Waals surface area (Å²) in [5, 5.41) is 3.13. The van der Waals surface area contributed by atoms with Gasteiger partial charge in [0.15, 0.2) is 0 Å². The third-order valence-electron chi connectivity index (χ3n) is 7.25. The third-order valence-corrected chi connectivity index (χ3v) is 7.25. The van der Waals surface area contributed by atoms with Crippen molar-refractivity contribution < 1.29 is 4.79 Å². The fourth-order valence-corrected chi connectivity index (χ4v) is 5.04. The number of amides is 1. The highest BCUT2D eigenvalue weighted by atomic mass is 35.5. The van der Waals surface area contributed by atoms with E-state index in [9.17, 15) is 4.79 Å². The number of hydrogen-bond donors (Lipinski definition) is 2. The van der Waals surface area contributed by atoms with Crippen molar-refractivity contribution in [2.75, 3.05) is 6.54 Å². The minimum atomic E-state index is -0.0704. The first-order valence-electron chi connectivity index (χ1n) is 13.2. The molecular formula is C33H36Cl2N4O. The van der Waals surface area contributed by atoms with Gasteiger partial charge in [0.05, 0.1) is 11.0 Å². The topological polar surface area (TPSA) is 72.9 Å². The van der Waals surface area contributed by atoms with Crippen molar-refractivity contribution in [2.24, 2.45) is 12.8 Å². The zero-order valence-electron chi connectivity index (χ0n) is 22.6. The molecule has 0 atom stereocenters. The van der Waals surface area contributed by atoms with Gasteiger partial charge >= 0.3 is 0 Å². The van der Waals surface area contributed by atoms with E-state index in [1.807, 2.05) is 37.4 Å². The molecule has 0 saturated carbocycles. The van der Waals surface area contributed by atoms with E-state index in [1.54, 1.807) is 0 Å². The Kier molecular flexibility index (Phi) is 11.3. The molecule has 0 saturated heterocycles. The van der Waals surface area contributed by atoms with E-state index >= 15 is 0 Å². The lowest BCUT2D eigenvalue weighted by molar-refractivity contribution is 0.0953. The quantitative estimate of drug-likeness (QED) is 0.197. The molecule has 0 unspecified atom stereocenters. The van der Waals surface area contributed by atoms with Gasteiger partial charge in [0.1, 0.15) is 5.82 Å². The van der Waals surface area contributed by atoms with Gasteiger partial charge in [-0.15, -0.1) is 24.8 Å². The Morgan fingerprint density at radius 2 is 1.43 bits per heavy atom. The maximum absolute atomic E-state index is 13.0. The predicted molar refractivity (Wildman–Crippen MR) is 169 cm³/mol. The molecule has 0 fully saturated rings. The summed E-state index contributed by atoms with van der Waals surface area (Å²) in [6.45, 7) is 1.14. The zero-order valence-corrected chi connectivity index (χ0v) is 24.3. The van der Waals surface area contributed by atoms with Crippen molar-refractivity contribution in [3.63, 3.8) is 0 Å². The molecule has 3 N–H and O–H groups in total. The van der Waals surface area contributed by atoms with Crippen molar-refractivity contribution in [1.29, 1.82) is 0 Å². The van der Waals surface area contributed by atoms with Crippen molar-refractivity contribution in [2.45, 2.75) is 31.7 Å². The predicted octanol–water partition coefficient (Wildman–Crippen LogP) is 6.61. The van der Waals surface area contributed by atoms with E-state index in [0.717, 1.165) is 41.7 Å². The Morgan fingerprint density at radius 3 is 2.02 bits per heavy atom. The number of fused-ring (bicyclic) bond motifs is 1. The van der Waals surface area contributed by atoms with Crippen LogP contribution in [-0.2, 0) is 26.4 Å². The largest absolute Gasteiger partial charge is 0.352 e. The van der Waals surface area contributed by atoms with E-state index < -0.39 is 0 Å². The number of carbonyl (C=O) groups is 1. The Balaban J connectivity index is 0.00000220. The van der Waals surface area contributed by atoms with Crippen LogP contribution in [0.3, 0.4) is 0 Å². The van der Waals surface area contributed by atoms with Gasteiger partial charge in [-0.3, -0.25) is 4.79 Å². The van der Waals surface area contributed by atoms with Crippen molar-refractivity contribution >= 4 is 41.8 Å². The number of carbonyl (C=O) groups excluding carboxylic acids is 1. The molecule has 1 heterocycles. The number of hydrogen-bond acceptors (Lipinski definition) is 3. The number of aryl methyl sites for hydroxylation is 3. The number of benzene rings is 4. The number of halogens is 2. The molecule has 0 radical (unpaired) electrons. The van der Waals surface area contributed by atoms with Crippen LogP contribution in [0.25, 0.3) is 11.0 Å². The highest BCUT2D eigenvalue weighted by Gasteiger charge is 2.16. The first-order valence-corrected chi connectivity index (χ1v) is 13.2. The lowest BCUT2D eigenvalue weighted by Gasteiger charge is -2.18. The summed E-state index contributed by atoms with van der Waals surface area (Å²) >= 11 is 0. The van der Waals surface area contributed by atoms with Crippen LogP contribution in [0.4, 0.5) is 0 Å². The number of rotatable bonds is 10. The van der Waals surface area contributed by atoms with Crippen LogP contribution in [0, 0.1) is 0 Å². The Bertz CT molecular complexity index is 1460. The van der Waals surface area contributed by atoms with E-state index in [1.165, 1.54) is 16.7 Å². The average Bonchev–Trinajstić information content (AvgIpc) is 3.29. The van der Waals surface area contributed by atoms with Gasteiger partial charge in [-0.25, -0.2) is 4.98 Å². The molecule has 4 aromatic carbocycles. The monoisotopic (exact) mass is 574 g/mol. The van der Waals surface area contributed by atoms with Crippen LogP contribution < -0.4 is 11.1 Å². The number of aromatic nitrogens is 2. The molecule has 0 spiro atoms. The van der Waals surface area contributed by atoms with Crippen molar-refractivity contribution in [3.05, 3.63) is 137 Å². The molecular weight excluding hydrogens is 539 g/mol. The van der Waals surface area contributed by atoms with Gasteiger partial charge in [0.2, 0.25) is 0 Å². The van der Waals surface area contributed by atoms with Crippen molar-refractivity contribution in [3.8, 4) is 0 Å². The van der Waals surface area contributed by atoms with Crippen LogP contribution in [0.1, 0.15) is 50.8 Å². The van der Waals surface area contributed by atoms with Crippen LogP contribution >= 0.6 is 24.8 Å². The van der Waals surface area contributed by atoms with Crippen LogP contribution in [0.15, 0.2) is 103 Å². The second-order valence-electron chi connectivity index (χ2n) is 9.73. The van der Waals surface area contributed by atoms with E-state index in [0.29, 0.717) is 18.7 Å².